The predicted octanol–water partition coefficient (Wildman–Crippen LogP) is -2.69. The van der Waals surface area contributed by atoms with E-state index in [-0.39, 0.29) is 5.75 Å². The van der Waals surface area contributed by atoms with Gasteiger partial charge in [-0.05, 0) is 6.92 Å². The molecule has 3 atom stereocenters. The summed E-state index contributed by atoms with van der Waals surface area (Å²) >= 11 is 3.82. The van der Waals surface area contributed by atoms with Crippen molar-refractivity contribution in [2.45, 2.75) is 25.1 Å². The molecule has 9 heteroatoms. The summed E-state index contributed by atoms with van der Waals surface area (Å²) < 4.78 is 0. The molecule has 0 unspecified atom stereocenters. The van der Waals surface area contributed by atoms with Crippen LogP contribution >= 0.6 is 12.6 Å². The van der Waals surface area contributed by atoms with E-state index in [9.17, 15) is 19.5 Å². The predicted molar refractivity (Wildman–Crippen MR) is 66.1 cm³/mol. The number of nitrogens with one attached hydrogen (secondary N) is 2. The fourth-order valence-electron chi connectivity index (χ4n) is 1.02. The van der Waals surface area contributed by atoms with Gasteiger partial charge in [-0.15, -0.1) is 0 Å². The van der Waals surface area contributed by atoms with Gasteiger partial charge >= 0.3 is 5.97 Å². The van der Waals surface area contributed by atoms with E-state index in [0.29, 0.717) is 0 Å². The average Bonchev–Trinajstić information content (AvgIpc) is 2.30. The summed E-state index contributed by atoms with van der Waals surface area (Å²) in [6.07, 6.45) is -1.19. The quantitative estimate of drug-likeness (QED) is 0.280. The number of aliphatic hydroxyl groups is 1. The molecule has 104 valence electrons. The van der Waals surface area contributed by atoms with Crippen molar-refractivity contribution >= 4 is 30.4 Å². The van der Waals surface area contributed by atoms with Gasteiger partial charge in [0.05, 0.1) is 12.1 Å². The van der Waals surface area contributed by atoms with Gasteiger partial charge in [-0.2, -0.15) is 12.6 Å². The van der Waals surface area contributed by atoms with Crippen LogP contribution in [0.1, 0.15) is 6.92 Å². The maximum Gasteiger partial charge on any atom is 0.322 e. The second kappa shape index (κ2) is 7.90. The zero-order chi connectivity index (χ0) is 14.3. The normalized spacial score (nSPS) is 15.3. The van der Waals surface area contributed by atoms with Crippen molar-refractivity contribution in [3.63, 3.8) is 0 Å². The molecule has 2 amide bonds. The summed E-state index contributed by atoms with van der Waals surface area (Å²) in [6, 6.07) is -2.18. The standard InChI is InChI=1S/C9H17N3O5S/c1-4(13)7(9(17)11-2-6(14)15)12-8(16)5(10)3-18/h4-5,7,13,18H,2-3,10H2,1H3,(H,11,17)(H,12,16)(H,14,15)/t4-,5+,7+/m1/s1. The smallest absolute Gasteiger partial charge is 0.322 e. The van der Waals surface area contributed by atoms with Gasteiger partial charge in [0.1, 0.15) is 12.6 Å². The van der Waals surface area contributed by atoms with Crippen molar-refractivity contribution in [3.05, 3.63) is 0 Å². The highest BCUT2D eigenvalue weighted by Crippen LogP contribution is 1.95. The SMILES string of the molecule is C[C@@H](O)[C@H](NC(=O)[C@@H](N)CS)C(=O)NCC(=O)O. The average molecular weight is 279 g/mol. The molecule has 0 heterocycles. The summed E-state index contributed by atoms with van der Waals surface area (Å²) in [4.78, 5) is 33.2. The largest absolute Gasteiger partial charge is 0.480 e. The van der Waals surface area contributed by atoms with Crippen LogP contribution in [-0.4, -0.2) is 58.5 Å². The van der Waals surface area contributed by atoms with Gasteiger partial charge in [0.25, 0.3) is 0 Å². The minimum atomic E-state index is -1.26. The first kappa shape index (κ1) is 16.7. The highest BCUT2D eigenvalue weighted by molar-refractivity contribution is 7.80. The topological polar surface area (TPSA) is 142 Å². The number of carbonyl (C=O) groups is 3. The number of thiol groups is 1. The lowest BCUT2D eigenvalue weighted by Crippen LogP contribution is -2.56. The minimum absolute atomic E-state index is 0.0785. The number of rotatable bonds is 7. The zero-order valence-electron chi connectivity index (χ0n) is 9.79. The number of hydrogen-bond acceptors (Lipinski definition) is 6. The Labute approximate surface area is 109 Å². The number of aliphatic carboxylic acids is 1. The van der Waals surface area contributed by atoms with Gasteiger partial charge in [-0.3, -0.25) is 14.4 Å². The van der Waals surface area contributed by atoms with E-state index >= 15 is 0 Å². The Morgan fingerprint density at radius 2 is 1.89 bits per heavy atom. The molecule has 0 radical (unpaired) electrons. The maximum absolute atomic E-state index is 11.5. The second-order valence-corrected chi connectivity index (χ2v) is 3.99. The maximum atomic E-state index is 11.5. The molecule has 0 rings (SSSR count). The Kier molecular flexibility index (Phi) is 7.32. The Balaban J connectivity index is 4.52. The molecule has 18 heavy (non-hydrogen) atoms. The summed E-state index contributed by atoms with van der Waals surface area (Å²) in [6.45, 7) is 0.689. The van der Waals surface area contributed by atoms with Crippen LogP contribution < -0.4 is 16.4 Å². The van der Waals surface area contributed by atoms with E-state index < -0.39 is 42.5 Å². The summed E-state index contributed by atoms with van der Waals surface area (Å²) in [5.74, 6) is -2.60. The molecule has 0 aromatic carbocycles. The van der Waals surface area contributed by atoms with Crippen molar-refractivity contribution < 1.29 is 24.6 Å². The minimum Gasteiger partial charge on any atom is -0.480 e. The van der Waals surface area contributed by atoms with Crippen LogP contribution in [0.2, 0.25) is 0 Å². The monoisotopic (exact) mass is 279 g/mol. The van der Waals surface area contributed by atoms with Crippen LogP contribution in [0.4, 0.5) is 0 Å². The summed E-state index contributed by atoms with van der Waals surface area (Å²) in [5, 5.41) is 22.0. The number of carboxylic acid groups (broad SMARTS) is 1. The fraction of sp³-hybridized carbons (Fsp3) is 0.667. The molecular weight excluding hydrogens is 262 g/mol. The van der Waals surface area contributed by atoms with Crippen molar-refractivity contribution in [3.8, 4) is 0 Å². The molecular formula is C9H17N3O5S. The van der Waals surface area contributed by atoms with Crippen LogP contribution in [-0.2, 0) is 14.4 Å². The molecule has 0 spiro atoms. The Bertz CT molecular complexity index is 323. The number of nitrogens with two attached hydrogens (primary N) is 1. The molecule has 6 N–H and O–H groups in total. The number of aliphatic hydroxyl groups excluding tert-OH is 1. The van der Waals surface area contributed by atoms with Gasteiger partial charge in [-0.1, -0.05) is 0 Å². The van der Waals surface area contributed by atoms with E-state index in [1.807, 2.05) is 0 Å². The van der Waals surface area contributed by atoms with Crippen LogP contribution in [0.25, 0.3) is 0 Å². The van der Waals surface area contributed by atoms with Crippen molar-refractivity contribution in [2.75, 3.05) is 12.3 Å². The lowest BCUT2D eigenvalue weighted by atomic mass is 10.1. The lowest BCUT2D eigenvalue weighted by Gasteiger charge is -2.21. The van der Waals surface area contributed by atoms with E-state index in [4.69, 9.17) is 10.8 Å². The summed E-state index contributed by atoms with van der Waals surface area (Å²) in [5.41, 5.74) is 5.39. The lowest BCUT2D eigenvalue weighted by molar-refractivity contribution is -0.139. The summed E-state index contributed by atoms with van der Waals surface area (Å²) in [7, 11) is 0. The first-order chi connectivity index (χ1) is 8.29. The number of hydrogen-bond donors (Lipinski definition) is 6. The Morgan fingerprint density at radius 1 is 1.33 bits per heavy atom. The van der Waals surface area contributed by atoms with Gasteiger partial charge in [0.15, 0.2) is 0 Å². The highest BCUT2D eigenvalue weighted by atomic mass is 32.1. The zero-order valence-corrected chi connectivity index (χ0v) is 10.7. The van der Waals surface area contributed by atoms with Crippen LogP contribution in [0, 0.1) is 0 Å². The van der Waals surface area contributed by atoms with Crippen LogP contribution in [0.15, 0.2) is 0 Å². The van der Waals surface area contributed by atoms with Gasteiger partial charge < -0.3 is 26.6 Å². The number of carbonyl (C=O) groups excluding carboxylic acids is 2. The van der Waals surface area contributed by atoms with E-state index in [1.165, 1.54) is 6.92 Å². The van der Waals surface area contributed by atoms with Crippen molar-refractivity contribution in [1.29, 1.82) is 0 Å². The molecule has 0 aliphatic rings. The second-order valence-electron chi connectivity index (χ2n) is 3.63. The third-order valence-corrected chi connectivity index (χ3v) is 2.40. The molecule has 0 saturated carbocycles. The number of amides is 2. The number of carboxylic acids is 1. The molecule has 0 aromatic rings. The van der Waals surface area contributed by atoms with Gasteiger partial charge in [-0.25, -0.2) is 0 Å². The van der Waals surface area contributed by atoms with Crippen LogP contribution in [0.5, 0.6) is 0 Å². The molecule has 8 nitrogen and oxygen atoms in total. The Morgan fingerprint density at radius 3 is 2.28 bits per heavy atom. The van der Waals surface area contributed by atoms with E-state index in [2.05, 4.69) is 23.3 Å². The first-order valence-corrected chi connectivity index (χ1v) is 5.77. The third-order valence-electron chi connectivity index (χ3n) is 2.01. The molecule has 0 aliphatic carbocycles. The third kappa shape index (κ3) is 5.84. The van der Waals surface area contributed by atoms with Gasteiger partial charge in [0, 0.05) is 5.75 Å². The van der Waals surface area contributed by atoms with Crippen molar-refractivity contribution in [2.24, 2.45) is 5.73 Å². The van der Waals surface area contributed by atoms with E-state index in [1.54, 1.807) is 0 Å². The highest BCUT2D eigenvalue weighted by Gasteiger charge is 2.27. The van der Waals surface area contributed by atoms with E-state index in [0.717, 1.165) is 0 Å². The molecule has 0 aliphatic heterocycles. The fourth-order valence-corrected chi connectivity index (χ4v) is 1.19. The van der Waals surface area contributed by atoms with Crippen molar-refractivity contribution in [1.82, 2.24) is 10.6 Å². The first-order valence-electron chi connectivity index (χ1n) is 5.14. The van der Waals surface area contributed by atoms with Gasteiger partial charge in [0.2, 0.25) is 11.8 Å². The van der Waals surface area contributed by atoms with Crippen LogP contribution in [0.3, 0.4) is 0 Å². The molecule has 0 saturated heterocycles. The Hall–Kier alpha value is -1.32. The molecule has 0 bridgehead atoms. The molecule has 0 aromatic heterocycles. The molecule has 0 fully saturated rings.